The number of nitrogens with one attached hydrogen (secondary N) is 1. The molecule has 0 aliphatic carbocycles. The van der Waals surface area contributed by atoms with Gasteiger partial charge in [-0.3, -0.25) is 4.57 Å². The Kier molecular flexibility index (Phi) is 7.36. The predicted molar refractivity (Wildman–Crippen MR) is 117 cm³/mol. The minimum atomic E-state index is -3.91. The molecule has 7 nitrogen and oxygen atoms in total. The summed E-state index contributed by atoms with van der Waals surface area (Å²) in [6, 6.07) is 13.4. The Morgan fingerprint density at radius 1 is 1.07 bits per heavy atom. The van der Waals surface area contributed by atoms with Crippen LogP contribution in [-0.2, 0) is 23.0 Å². The van der Waals surface area contributed by atoms with Gasteiger partial charge in [0.1, 0.15) is 0 Å². The van der Waals surface area contributed by atoms with E-state index < -0.39 is 16.1 Å². The number of ether oxygens (including phenoxy) is 1. The van der Waals surface area contributed by atoms with E-state index in [1.54, 1.807) is 4.57 Å². The average Bonchev–Trinajstić information content (AvgIpc) is 3.13. The van der Waals surface area contributed by atoms with E-state index in [2.05, 4.69) is 14.9 Å². The zero-order valence-corrected chi connectivity index (χ0v) is 18.9. The third-order valence-corrected chi connectivity index (χ3v) is 6.64. The van der Waals surface area contributed by atoms with Crippen LogP contribution in [0, 0.1) is 0 Å². The van der Waals surface area contributed by atoms with Crippen LogP contribution >= 0.6 is 23.2 Å². The number of benzene rings is 2. The minimum Gasteiger partial charge on any atom is -0.464 e. The van der Waals surface area contributed by atoms with Gasteiger partial charge in [0.25, 0.3) is 0 Å². The van der Waals surface area contributed by atoms with E-state index in [4.69, 9.17) is 27.9 Å². The van der Waals surface area contributed by atoms with Gasteiger partial charge in [-0.05, 0) is 44.0 Å². The predicted octanol–water partition coefficient (Wildman–Crippen LogP) is 4.27. The number of aromatic nitrogens is 3. The van der Waals surface area contributed by atoms with E-state index in [0.717, 1.165) is 5.56 Å². The molecule has 0 unspecified atom stereocenters. The largest absolute Gasteiger partial charge is 0.464 e. The van der Waals surface area contributed by atoms with Crippen LogP contribution in [0.1, 0.15) is 31.3 Å². The molecule has 0 saturated heterocycles. The number of rotatable bonds is 9. The van der Waals surface area contributed by atoms with Gasteiger partial charge in [0.05, 0.1) is 27.6 Å². The maximum atomic E-state index is 13.1. The lowest BCUT2D eigenvalue weighted by molar-refractivity contribution is 0.294. The first-order valence-corrected chi connectivity index (χ1v) is 11.7. The Morgan fingerprint density at radius 3 is 2.43 bits per heavy atom. The molecule has 3 rings (SSSR count). The van der Waals surface area contributed by atoms with E-state index in [1.165, 1.54) is 18.2 Å². The van der Waals surface area contributed by atoms with E-state index in [9.17, 15) is 8.42 Å². The molecule has 0 aliphatic heterocycles. The highest BCUT2D eigenvalue weighted by Crippen LogP contribution is 2.27. The number of hydrogen-bond acceptors (Lipinski definition) is 5. The minimum absolute atomic E-state index is 0.0163. The maximum absolute atomic E-state index is 13.1. The Morgan fingerprint density at radius 2 is 1.80 bits per heavy atom. The van der Waals surface area contributed by atoms with E-state index in [-0.39, 0.29) is 14.9 Å². The zero-order valence-electron chi connectivity index (χ0n) is 16.5. The number of nitrogens with zero attached hydrogens (tertiary/aromatic N) is 3. The molecule has 2 aromatic carbocycles. The molecule has 30 heavy (non-hydrogen) atoms. The molecule has 0 aliphatic rings. The second kappa shape index (κ2) is 9.78. The Labute approximate surface area is 186 Å². The zero-order chi connectivity index (χ0) is 21.7. The maximum Gasteiger partial charge on any atom is 0.316 e. The van der Waals surface area contributed by atoms with E-state index >= 15 is 0 Å². The fraction of sp³-hybridized carbons (Fsp3) is 0.300. The number of hydrogen-bond donors (Lipinski definition) is 1. The van der Waals surface area contributed by atoms with Gasteiger partial charge >= 0.3 is 6.01 Å². The molecular formula is C20H22Cl2N4O3S. The van der Waals surface area contributed by atoms with Crippen molar-refractivity contribution in [2.75, 3.05) is 6.61 Å². The summed E-state index contributed by atoms with van der Waals surface area (Å²) in [5.74, 6) is 0.466. The monoisotopic (exact) mass is 468 g/mol. The summed E-state index contributed by atoms with van der Waals surface area (Å²) in [5, 5.41) is 8.75. The van der Waals surface area contributed by atoms with Gasteiger partial charge in [-0.2, -0.15) is 0 Å². The highest BCUT2D eigenvalue weighted by atomic mass is 35.5. The Balaban J connectivity index is 2.00. The molecule has 10 heteroatoms. The summed E-state index contributed by atoms with van der Waals surface area (Å²) >= 11 is 12.0. The molecular weight excluding hydrogens is 447 g/mol. The van der Waals surface area contributed by atoms with Crippen molar-refractivity contribution < 1.29 is 13.2 Å². The van der Waals surface area contributed by atoms with Crippen molar-refractivity contribution >= 4 is 33.2 Å². The second-order valence-corrected chi connectivity index (χ2v) is 8.99. The lowest BCUT2D eigenvalue weighted by Gasteiger charge is -2.19. The first-order chi connectivity index (χ1) is 14.4. The van der Waals surface area contributed by atoms with Crippen LogP contribution in [0.15, 0.2) is 53.4 Å². The smallest absolute Gasteiger partial charge is 0.316 e. The van der Waals surface area contributed by atoms with Crippen LogP contribution < -0.4 is 9.46 Å². The topological polar surface area (TPSA) is 86.1 Å². The van der Waals surface area contributed by atoms with Gasteiger partial charge in [-0.1, -0.05) is 58.6 Å². The van der Waals surface area contributed by atoms with Crippen molar-refractivity contribution in [3.63, 3.8) is 0 Å². The summed E-state index contributed by atoms with van der Waals surface area (Å²) in [6.45, 7) is 4.72. The molecule has 0 radical (unpaired) electrons. The van der Waals surface area contributed by atoms with Crippen molar-refractivity contribution in [1.82, 2.24) is 19.5 Å². The van der Waals surface area contributed by atoms with Gasteiger partial charge < -0.3 is 4.74 Å². The molecule has 0 saturated carbocycles. The lowest BCUT2D eigenvalue weighted by Crippen LogP contribution is -2.32. The second-order valence-electron chi connectivity index (χ2n) is 6.46. The summed E-state index contributed by atoms with van der Waals surface area (Å²) in [5.41, 5.74) is 0.947. The Hall–Kier alpha value is -2.13. The van der Waals surface area contributed by atoms with Gasteiger partial charge in [0, 0.05) is 6.54 Å². The first kappa shape index (κ1) is 22.6. The Bertz CT molecular complexity index is 1100. The highest BCUT2D eigenvalue weighted by molar-refractivity contribution is 7.89. The van der Waals surface area contributed by atoms with Crippen molar-refractivity contribution in [3.05, 3.63) is 70.0 Å². The molecule has 0 bridgehead atoms. The fourth-order valence-electron chi connectivity index (χ4n) is 3.03. The molecule has 3 aromatic rings. The van der Waals surface area contributed by atoms with Crippen LogP contribution in [0.2, 0.25) is 10.0 Å². The average molecular weight is 469 g/mol. The van der Waals surface area contributed by atoms with Crippen LogP contribution in [0.3, 0.4) is 0 Å². The van der Waals surface area contributed by atoms with Crippen molar-refractivity contribution in [2.24, 2.45) is 0 Å². The first-order valence-electron chi connectivity index (χ1n) is 9.43. The SMILES string of the molecule is CCOc1nnc([C@@H](Cc2ccccc2)NS(=O)(=O)c2ccc(Cl)c(Cl)c2)n1CC. The molecule has 0 spiro atoms. The lowest BCUT2D eigenvalue weighted by atomic mass is 10.1. The van der Waals surface area contributed by atoms with Gasteiger partial charge in [-0.15, -0.1) is 5.10 Å². The third-order valence-electron chi connectivity index (χ3n) is 4.43. The molecule has 1 atom stereocenters. The fourth-order valence-corrected chi connectivity index (χ4v) is 4.61. The highest BCUT2D eigenvalue weighted by Gasteiger charge is 2.27. The summed E-state index contributed by atoms with van der Waals surface area (Å²) < 4.78 is 36.2. The van der Waals surface area contributed by atoms with Crippen molar-refractivity contribution in [2.45, 2.75) is 37.8 Å². The van der Waals surface area contributed by atoms with Crippen molar-refractivity contribution in [1.29, 1.82) is 0 Å². The number of sulfonamides is 1. The van der Waals surface area contributed by atoms with E-state index in [1.807, 2.05) is 44.2 Å². The molecule has 1 N–H and O–H groups in total. The van der Waals surface area contributed by atoms with Gasteiger partial charge in [0.15, 0.2) is 5.82 Å². The molecule has 0 fully saturated rings. The van der Waals surface area contributed by atoms with Crippen LogP contribution in [0.25, 0.3) is 0 Å². The summed E-state index contributed by atoms with van der Waals surface area (Å²) in [7, 11) is -3.91. The van der Waals surface area contributed by atoms with Gasteiger partial charge in [0.2, 0.25) is 10.0 Å². The third kappa shape index (κ3) is 5.13. The van der Waals surface area contributed by atoms with Crippen LogP contribution in [0.4, 0.5) is 0 Å². The molecule has 160 valence electrons. The summed E-state index contributed by atoms with van der Waals surface area (Å²) in [6.07, 6.45) is 0.381. The standard InChI is InChI=1S/C20H22Cl2N4O3S/c1-3-26-19(23-24-20(26)29-4-2)18(12-14-8-6-5-7-9-14)25-30(27,28)15-10-11-16(21)17(22)13-15/h5-11,13,18,25H,3-4,12H2,1-2H3/t18-/m1/s1. The van der Waals surface area contributed by atoms with Crippen LogP contribution in [0.5, 0.6) is 6.01 Å². The quantitative estimate of drug-likeness (QED) is 0.506. The normalized spacial score (nSPS) is 12.7. The number of halogens is 2. The molecule has 0 amide bonds. The van der Waals surface area contributed by atoms with Gasteiger partial charge in [-0.25, -0.2) is 13.1 Å². The van der Waals surface area contributed by atoms with E-state index in [0.29, 0.717) is 31.4 Å². The summed E-state index contributed by atoms with van der Waals surface area (Å²) in [4.78, 5) is 0.0163. The van der Waals surface area contributed by atoms with Crippen LogP contribution in [-0.4, -0.2) is 29.8 Å². The molecule has 1 aromatic heterocycles. The van der Waals surface area contributed by atoms with Crippen molar-refractivity contribution in [3.8, 4) is 6.01 Å². The molecule has 1 heterocycles.